The van der Waals surface area contributed by atoms with Crippen molar-refractivity contribution in [1.82, 2.24) is 9.97 Å². The van der Waals surface area contributed by atoms with Crippen LogP contribution in [0.3, 0.4) is 0 Å². The first-order chi connectivity index (χ1) is 25.6. The zero-order chi connectivity index (χ0) is 42.6. The van der Waals surface area contributed by atoms with E-state index in [1.165, 1.54) is 0 Å². The van der Waals surface area contributed by atoms with E-state index in [1.54, 1.807) is 27.7 Å². The van der Waals surface area contributed by atoms with Gasteiger partial charge in [0.25, 0.3) is 0 Å². The van der Waals surface area contributed by atoms with Crippen molar-refractivity contribution in [2.24, 2.45) is 0 Å². The van der Waals surface area contributed by atoms with Gasteiger partial charge in [-0.05, 0) is 80.3 Å². The molecular weight excluding hydrogens is 792 g/mol. The summed E-state index contributed by atoms with van der Waals surface area (Å²) in [7, 11) is 0. The minimum atomic E-state index is -0.417. The summed E-state index contributed by atoms with van der Waals surface area (Å²) < 4.78 is 11.7. The maximum Gasteiger partial charge on any atom is 4.00 e. The van der Waals surface area contributed by atoms with Gasteiger partial charge in [0.1, 0.15) is 11.0 Å². The Bertz CT molecular complexity index is 1970. The van der Waals surface area contributed by atoms with E-state index in [2.05, 4.69) is 93.1 Å². The molecule has 57 heavy (non-hydrogen) atoms. The summed E-state index contributed by atoms with van der Waals surface area (Å²) in [6.45, 7) is 31.7. The number of oxazole rings is 2. The molecule has 0 unspecified atom stereocenters. The van der Waals surface area contributed by atoms with Gasteiger partial charge in [-0.25, -0.2) is 9.97 Å². The number of aromatic nitrogens is 2. The van der Waals surface area contributed by atoms with Crippen LogP contribution in [0.1, 0.15) is 133 Å². The van der Waals surface area contributed by atoms with Crippen LogP contribution in [0, 0.1) is 0 Å². The molecule has 0 N–H and O–H groups in total. The first kappa shape index (κ1) is 49.4. The number of benzene rings is 4. The van der Waals surface area contributed by atoms with E-state index in [4.69, 9.17) is 8.83 Å². The summed E-state index contributed by atoms with van der Waals surface area (Å²) in [5.41, 5.74) is 7.26. The summed E-state index contributed by atoms with van der Waals surface area (Å²) in [4.78, 5) is 9.05. The van der Waals surface area contributed by atoms with Crippen LogP contribution >= 0.6 is 0 Å². The van der Waals surface area contributed by atoms with Crippen LogP contribution < -0.4 is 20.4 Å². The second-order valence-electron chi connectivity index (χ2n) is 18.9. The summed E-state index contributed by atoms with van der Waals surface area (Å²) in [5, 5.41) is 45.2. The molecule has 0 aliphatic heterocycles. The summed E-state index contributed by atoms with van der Waals surface area (Å²) in [6, 6.07) is 23.1. The van der Waals surface area contributed by atoms with Gasteiger partial charge in [0, 0.05) is 11.1 Å². The zero-order valence-corrected chi connectivity index (χ0v) is 39.4. The molecule has 6 aromatic rings. The quantitative estimate of drug-likeness (QED) is 0.168. The van der Waals surface area contributed by atoms with Crippen molar-refractivity contribution in [3.05, 3.63) is 95.1 Å². The molecule has 2 heterocycles. The number of hydrogen-bond acceptors (Lipinski definition) is 8. The van der Waals surface area contributed by atoms with Gasteiger partial charge in [-0.15, -0.1) is 12.2 Å². The van der Waals surface area contributed by atoms with Gasteiger partial charge in [-0.3, -0.25) is 0 Å². The minimum Gasteiger partial charge on any atom is -0.872 e. The molecule has 0 amide bonds. The molecule has 0 bridgehead atoms. The number of para-hydroxylation sites is 4. The maximum absolute atomic E-state index is 13.1. The Balaban J connectivity index is 0.000000327. The average molecular weight is 854 g/mol. The molecule has 0 saturated carbocycles. The molecule has 9 heteroatoms. The number of fused-ring (bicyclic) bond motifs is 2. The standard InChI is InChI=1S/2C21H25NO2.2C3H7O.Zr/c2*1-20(2,3)13-11-14(18(23)15(12-13)21(4,5)6)19-22-16-9-7-8-10-17(16)24-19;2*1-3(2)4;/h2*7-12,23H,1-6H3;2*3H,1-2H3;/q;;2*-1;+4/p-2. The summed E-state index contributed by atoms with van der Waals surface area (Å²) >= 11 is 0. The average Bonchev–Trinajstić information content (AvgIpc) is 3.67. The third-order valence-electron chi connectivity index (χ3n) is 8.57. The van der Waals surface area contributed by atoms with Crippen LogP contribution in [0.2, 0.25) is 0 Å². The van der Waals surface area contributed by atoms with Crippen molar-refractivity contribution in [1.29, 1.82) is 0 Å². The second kappa shape index (κ2) is 19.3. The maximum atomic E-state index is 13.1. The molecule has 8 nitrogen and oxygen atoms in total. The Morgan fingerprint density at radius 2 is 0.754 bits per heavy atom. The first-order valence-corrected chi connectivity index (χ1v) is 19.4. The van der Waals surface area contributed by atoms with Gasteiger partial charge in [0.2, 0.25) is 11.8 Å². The first-order valence-electron chi connectivity index (χ1n) is 19.4. The third-order valence-corrected chi connectivity index (χ3v) is 8.57. The van der Waals surface area contributed by atoms with Crippen molar-refractivity contribution in [3.8, 4) is 34.4 Å². The van der Waals surface area contributed by atoms with Gasteiger partial charge in [-0.1, -0.05) is 159 Å². The van der Waals surface area contributed by atoms with Crippen LogP contribution in [0.5, 0.6) is 11.5 Å². The predicted octanol–water partition coefficient (Wildman–Crippen LogP) is 9.83. The molecule has 4 aromatic carbocycles. The molecule has 0 fully saturated rings. The fraction of sp³-hybridized carbons (Fsp3) is 0.458. The van der Waals surface area contributed by atoms with Crippen LogP contribution in [0.4, 0.5) is 0 Å². The fourth-order valence-corrected chi connectivity index (χ4v) is 5.53. The topological polar surface area (TPSA) is 144 Å². The largest absolute Gasteiger partial charge is 4.00 e. The molecule has 304 valence electrons. The van der Waals surface area contributed by atoms with Crippen molar-refractivity contribution in [2.45, 2.75) is 145 Å². The van der Waals surface area contributed by atoms with Crippen LogP contribution in [0.25, 0.3) is 45.1 Å². The van der Waals surface area contributed by atoms with Crippen molar-refractivity contribution in [2.75, 3.05) is 0 Å². The minimum absolute atomic E-state index is 0. The van der Waals surface area contributed by atoms with E-state index in [9.17, 15) is 20.4 Å². The molecule has 6 rings (SSSR count). The third kappa shape index (κ3) is 13.7. The number of nitrogens with zero attached hydrogens (tertiary/aromatic N) is 2. The molecule has 0 saturated heterocycles. The van der Waals surface area contributed by atoms with Crippen molar-refractivity contribution < 1.29 is 55.5 Å². The van der Waals surface area contributed by atoms with Gasteiger partial charge >= 0.3 is 26.2 Å². The fourth-order valence-electron chi connectivity index (χ4n) is 5.53. The van der Waals surface area contributed by atoms with E-state index < -0.39 is 12.2 Å². The van der Waals surface area contributed by atoms with E-state index in [-0.39, 0.29) is 59.4 Å². The number of rotatable bonds is 2. The van der Waals surface area contributed by atoms with Crippen molar-refractivity contribution >= 4 is 22.2 Å². The molecule has 0 aliphatic rings. The Hall–Kier alpha value is -3.78. The van der Waals surface area contributed by atoms with Gasteiger partial charge in [-0.2, -0.15) is 0 Å². The van der Waals surface area contributed by atoms with Gasteiger partial charge in [0.15, 0.2) is 11.2 Å². The van der Waals surface area contributed by atoms with Gasteiger partial charge in [0.05, 0.1) is 0 Å². The molecule has 0 spiro atoms. The van der Waals surface area contributed by atoms with Crippen LogP contribution in [-0.2, 0) is 47.9 Å². The predicted molar refractivity (Wildman–Crippen MR) is 223 cm³/mol. The smallest absolute Gasteiger partial charge is 0.872 e. The Labute approximate surface area is 359 Å². The SMILES string of the molecule is CC(C)(C)c1cc(-c2nc3ccccc3o2)c([O-])c(C(C)(C)C)c1.CC(C)(C)c1cc(-c2nc3ccccc3o2)c([O-])c(C(C)(C)C)c1.CC(C)[O-].CC(C)[O-].[Zr+4]. The van der Waals surface area contributed by atoms with Crippen LogP contribution in [-0.4, -0.2) is 22.2 Å². The van der Waals surface area contributed by atoms with E-state index in [0.717, 1.165) is 33.3 Å². The van der Waals surface area contributed by atoms with E-state index in [1.807, 2.05) is 72.8 Å². The summed E-state index contributed by atoms with van der Waals surface area (Å²) in [6.07, 6.45) is -0.833. The molecule has 0 radical (unpaired) electrons. The molecule has 2 aromatic heterocycles. The normalized spacial score (nSPS) is 12.0. The van der Waals surface area contributed by atoms with Crippen molar-refractivity contribution in [3.63, 3.8) is 0 Å². The second-order valence-corrected chi connectivity index (χ2v) is 18.9. The molecular formula is C48H62N2O6Zr. The Morgan fingerprint density at radius 3 is 1.00 bits per heavy atom. The van der Waals surface area contributed by atoms with E-state index in [0.29, 0.717) is 34.1 Å². The molecule has 0 aliphatic carbocycles. The molecule has 0 atom stereocenters. The number of hydrogen-bond donors (Lipinski definition) is 0. The monoisotopic (exact) mass is 852 g/mol. The van der Waals surface area contributed by atoms with E-state index >= 15 is 0 Å². The Morgan fingerprint density at radius 1 is 0.474 bits per heavy atom. The zero-order valence-electron chi connectivity index (χ0n) is 36.9. The summed E-state index contributed by atoms with van der Waals surface area (Å²) in [5.74, 6) is 0.805. The van der Waals surface area contributed by atoms with Crippen LogP contribution in [0.15, 0.2) is 81.6 Å². The Kier molecular flexibility index (Phi) is 16.7. The van der Waals surface area contributed by atoms with Gasteiger partial charge < -0.3 is 29.3 Å².